The minimum Gasteiger partial charge on any atom is -0.507 e. The van der Waals surface area contributed by atoms with Crippen LogP contribution < -0.4 is 0 Å². The number of aromatic hydroxyl groups is 1. The van der Waals surface area contributed by atoms with Gasteiger partial charge in [-0.3, -0.25) is 9.59 Å². The third-order valence-corrected chi connectivity index (χ3v) is 14.4. The second-order valence-corrected chi connectivity index (χ2v) is 17.0. The number of ketones is 2. The first-order valence-electron chi connectivity index (χ1n) is 12.5. The van der Waals surface area contributed by atoms with Crippen molar-refractivity contribution in [2.24, 2.45) is 5.92 Å². The van der Waals surface area contributed by atoms with Crippen LogP contribution in [0.5, 0.6) is 5.75 Å². The first kappa shape index (κ1) is 25.1. The van der Waals surface area contributed by atoms with Crippen molar-refractivity contribution in [3.05, 3.63) is 52.1 Å². The fourth-order valence-corrected chi connectivity index (χ4v) is 12.6. The third-order valence-electron chi connectivity index (χ3n) is 8.30. The molecule has 0 radical (unpaired) electrons. The largest absolute Gasteiger partial charge is 0.507 e. The highest BCUT2D eigenvalue weighted by Crippen LogP contribution is 2.52. The Balaban J connectivity index is 1.86. The number of aliphatic hydroxyl groups is 1. The molecule has 0 unspecified atom stereocenters. The first-order chi connectivity index (χ1) is 15.8. The Morgan fingerprint density at radius 2 is 1.65 bits per heavy atom. The lowest BCUT2D eigenvalue weighted by Crippen LogP contribution is -2.55. The summed E-state index contributed by atoms with van der Waals surface area (Å²) in [6, 6.07) is 4.69. The number of hydrogen-bond acceptors (Lipinski definition) is 5. The molecule has 0 spiro atoms. The number of fused-ring (bicyclic) bond motifs is 3. The number of phenols is 1. The van der Waals surface area contributed by atoms with Gasteiger partial charge in [0.05, 0.1) is 17.3 Å². The van der Waals surface area contributed by atoms with E-state index in [0.717, 1.165) is 5.57 Å². The molecule has 0 aliphatic heterocycles. The van der Waals surface area contributed by atoms with Crippen LogP contribution in [-0.2, 0) is 4.43 Å². The van der Waals surface area contributed by atoms with Gasteiger partial charge in [0, 0.05) is 29.0 Å². The van der Waals surface area contributed by atoms with Crippen LogP contribution in [0.4, 0.5) is 0 Å². The van der Waals surface area contributed by atoms with Crippen LogP contribution in [0, 0.1) is 5.92 Å². The molecule has 3 aliphatic carbocycles. The highest BCUT2D eigenvalue weighted by Gasteiger charge is 2.53. The molecule has 184 valence electrons. The summed E-state index contributed by atoms with van der Waals surface area (Å²) < 4.78 is 7.20. The lowest BCUT2D eigenvalue weighted by molar-refractivity contribution is -0.0255. The molecule has 1 aromatic rings. The topological polar surface area (TPSA) is 83.8 Å². The summed E-state index contributed by atoms with van der Waals surface area (Å²) in [5, 5.41) is 21.6. The first-order valence-corrected chi connectivity index (χ1v) is 14.7. The van der Waals surface area contributed by atoms with E-state index in [1.165, 1.54) is 6.07 Å². The van der Waals surface area contributed by atoms with Gasteiger partial charge >= 0.3 is 0 Å². The van der Waals surface area contributed by atoms with Crippen LogP contribution in [-0.4, -0.2) is 41.8 Å². The molecule has 0 bridgehead atoms. The van der Waals surface area contributed by atoms with Crippen LogP contribution >= 0.6 is 0 Å². The van der Waals surface area contributed by atoms with Crippen LogP contribution in [0.25, 0.3) is 0 Å². The van der Waals surface area contributed by atoms with Crippen molar-refractivity contribution in [1.29, 1.82) is 0 Å². The van der Waals surface area contributed by atoms with E-state index in [9.17, 15) is 19.8 Å². The zero-order valence-electron chi connectivity index (χ0n) is 21.4. The van der Waals surface area contributed by atoms with Crippen LogP contribution in [0.1, 0.15) is 88.4 Å². The van der Waals surface area contributed by atoms with Gasteiger partial charge in [-0.15, -0.1) is 0 Å². The Bertz CT molecular complexity index is 1070. The zero-order valence-corrected chi connectivity index (χ0v) is 22.4. The van der Waals surface area contributed by atoms with Gasteiger partial charge in [0.2, 0.25) is 8.32 Å². The summed E-state index contributed by atoms with van der Waals surface area (Å²) in [5.74, 6) is -0.965. The van der Waals surface area contributed by atoms with E-state index < -0.39 is 13.9 Å². The van der Waals surface area contributed by atoms with Gasteiger partial charge < -0.3 is 14.6 Å². The molecule has 1 fully saturated rings. The van der Waals surface area contributed by atoms with Gasteiger partial charge in [-0.25, -0.2) is 0 Å². The van der Waals surface area contributed by atoms with Crippen molar-refractivity contribution in [2.75, 3.05) is 0 Å². The molecule has 1 saturated carbocycles. The molecule has 2 N–H and O–H groups in total. The zero-order chi connectivity index (χ0) is 25.2. The van der Waals surface area contributed by atoms with Gasteiger partial charge in [0.15, 0.2) is 11.6 Å². The fourth-order valence-electron chi connectivity index (χ4n) is 7.05. The van der Waals surface area contributed by atoms with Gasteiger partial charge in [-0.2, -0.15) is 0 Å². The summed E-state index contributed by atoms with van der Waals surface area (Å²) in [6.45, 7) is 15.2. The van der Waals surface area contributed by atoms with Crippen molar-refractivity contribution < 1.29 is 24.2 Å². The van der Waals surface area contributed by atoms with Crippen molar-refractivity contribution in [1.82, 2.24) is 0 Å². The van der Waals surface area contributed by atoms with Gasteiger partial charge in [-0.05, 0) is 42.5 Å². The van der Waals surface area contributed by atoms with E-state index >= 15 is 0 Å². The Hall–Kier alpha value is -2.02. The standard InChI is InChI=1S/C28H38O5Si/c1-15(2)34(16(3)4,17(5)6)33-22-14-28(7,32)13-18-11-12-20-25(23(18)22)27(31)19-9-8-10-21(29)24(19)26(20)30/h8-11,15-17,22-23,29,32H,12-14H2,1-7H3/t22-,23-,28-/m1/s1. The maximum atomic E-state index is 13.8. The average molecular weight is 483 g/mol. The second kappa shape index (κ2) is 8.57. The maximum Gasteiger partial charge on any atom is 0.200 e. The highest BCUT2D eigenvalue weighted by atomic mass is 28.4. The normalized spacial score (nSPS) is 27.2. The van der Waals surface area contributed by atoms with Gasteiger partial charge in [0.1, 0.15) is 5.75 Å². The molecular formula is C28H38O5Si. The Morgan fingerprint density at radius 3 is 2.24 bits per heavy atom. The van der Waals surface area contributed by atoms with E-state index in [-0.39, 0.29) is 40.5 Å². The predicted molar refractivity (Wildman–Crippen MR) is 136 cm³/mol. The number of carbonyl (C=O) groups excluding carboxylic acids is 2. The number of carbonyl (C=O) groups is 2. The van der Waals surface area contributed by atoms with Crippen LogP contribution in [0.2, 0.25) is 16.6 Å². The Labute approximate surface area is 204 Å². The van der Waals surface area contributed by atoms with Crippen molar-refractivity contribution >= 4 is 19.9 Å². The fraction of sp³-hybridized carbons (Fsp3) is 0.571. The molecule has 0 amide bonds. The smallest absolute Gasteiger partial charge is 0.200 e. The Morgan fingerprint density at radius 1 is 1.03 bits per heavy atom. The van der Waals surface area contributed by atoms with Crippen molar-refractivity contribution in [3.63, 3.8) is 0 Å². The minimum atomic E-state index is -2.33. The number of allylic oxidation sites excluding steroid dienone is 2. The lowest BCUT2D eigenvalue weighted by atomic mass is 9.64. The molecule has 34 heavy (non-hydrogen) atoms. The number of benzene rings is 1. The molecular weight excluding hydrogens is 444 g/mol. The summed E-state index contributed by atoms with van der Waals surface area (Å²) in [6.07, 6.45) is 2.84. The number of rotatable bonds is 5. The summed E-state index contributed by atoms with van der Waals surface area (Å²) in [4.78, 5) is 27.3. The average Bonchev–Trinajstić information content (AvgIpc) is 2.73. The quantitative estimate of drug-likeness (QED) is 0.390. The van der Waals surface area contributed by atoms with E-state index in [1.807, 2.05) is 13.0 Å². The van der Waals surface area contributed by atoms with Crippen LogP contribution in [0.15, 0.2) is 41.0 Å². The molecule has 4 rings (SSSR count). The monoisotopic (exact) mass is 482 g/mol. The second-order valence-electron chi connectivity index (χ2n) is 11.6. The number of hydrogen-bond donors (Lipinski definition) is 2. The minimum absolute atomic E-state index is 0.110. The SMILES string of the molecule is CC(C)[Si](O[C@@H]1C[C@](C)(O)CC2=CCC3=C(C(=O)c4cccc(O)c4C3=O)[C@H]21)(C(C)C)C(C)C. The molecule has 6 heteroatoms. The molecule has 5 nitrogen and oxygen atoms in total. The molecule has 0 aromatic heterocycles. The van der Waals surface area contributed by atoms with Gasteiger partial charge in [0.25, 0.3) is 0 Å². The molecule has 0 saturated heterocycles. The van der Waals surface area contributed by atoms with E-state index in [4.69, 9.17) is 4.43 Å². The summed E-state index contributed by atoms with van der Waals surface area (Å²) in [7, 11) is -2.33. The number of phenolic OH excluding ortho intramolecular Hbond substituents is 1. The van der Waals surface area contributed by atoms with E-state index in [2.05, 4.69) is 41.5 Å². The van der Waals surface area contributed by atoms with Crippen molar-refractivity contribution in [2.45, 2.75) is 96.1 Å². The molecule has 1 aromatic carbocycles. The molecule has 3 aliphatic rings. The van der Waals surface area contributed by atoms with Crippen molar-refractivity contribution in [3.8, 4) is 5.75 Å². The lowest BCUT2D eigenvalue weighted by Gasteiger charge is -2.51. The van der Waals surface area contributed by atoms with E-state index in [0.29, 0.717) is 47.0 Å². The van der Waals surface area contributed by atoms with Gasteiger partial charge in [-0.1, -0.05) is 65.3 Å². The Kier molecular flexibility index (Phi) is 6.33. The maximum absolute atomic E-state index is 13.8. The third kappa shape index (κ3) is 3.75. The predicted octanol–water partition coefficient (Wildman–Crippen LogP) is 6.12. The molecule has 3 atom stereocenters. The highest BCUT2D eigenvalue weighted by molar-refractivity contribution is 6.77. The van der Waals surface area contributed by atoms with Crippen LogP contribution in [0.3, 0.4) is 0 Å². The van der Waals surface area contributed by atoms with E-state index in [1.54, 1.807) is 12.1 Å². The summed E-state index contributed by atoms with van der Waals surface area (Å²) in [5.41, 5.74) is 2.46. The number of Topliss-reactive ketones (excluding diaryl/α,β-unsaturated/α-hetero) is 2. The summed E-state index contributed by atoms with van der Waals surface area (Å²) >= 11 is 0. The molecule has 0 heterocycles.